The van der Waals surface area contributed by atoms with E-state index >= 15 is 0 Å². The molecule has 2 aromatic rings. The van der Waals surface area contributed by atoms with Gasteiger partial charge in [0.2, 0.25) is 0 Å². The third kappa shape index (κ3) is 2.19. The predicted molar refractivity (Wildman–Crippen MR) is 77.1 cm³/mol. The molecule has 3 nitrogen and oxygen atoms in total. The lowest BCUT2D eigenvalue weighted by Crippen LogP contribution is -2.28. The number of hydrogen-bond acceptors (Lipinski definition) is 2. The number of aromatic nitrogens is 2. The van der Waals surface area contributed by atoms with Crippen LogP contribution in [0.3, 0.4) is 0 Å². The van der Waals surface area contributed by atoms with Gasteiger partial charge in [-0.1, -0.05) is 31.2 Å². The molecule has 1 aromatic carbocycles. The molecule has 0 radical (unpaired) electrons. The molecule has 1 aliphatic rings. The maximum atomic E-state index is 4.55. The van der Waals surface area contributed by atoms with Crippen molar-refractivity contribution in [1.82, 2.24) is 14.9 Å². The summed E-state index contributed by atoms with van der Waals surface area (Å²) >= 11 is 0. The molecule has 0 bridgehead atoms. The average Bonchev–Trinajstić information content (AvgIpc) is 3.03. The predicted octanol–water partition coefficient (Wildman–Crippen LogP) is 2.80. The van der Waals surface area contributed by atoms with Crippen molar-refractivity contribution in [2.75, 3.05) is 6.54 Å². The largest absolute Gasteiger partial charge is 0.337 e. The minimum Gasteiger partial charge on any atom is -0.337 e. The third-order valence-corrected chi connectivity index (χ3v) is 4.14. The third-order valence-electron chi connectivity index (χ3n) is 4.14. The summed E-state index contributed by atoms with van der Waals surface area (Å²) in [5.41, 5.74) is 3.00. The van der Waals surface area contributed by atoms with Crippen molar-refractivity contribution in [3.05, 3.63) is 53.6 Å². The molecule has 3 heteroatoms. The molecule has 1 aromatic heterocycles. The first kappa shape index (κ1) is 12.4. The molecule has 3 rings (SSSR count). The number of nitrogens with one attached hydrogen (secondary N) is 1. The molecule has 100 valence electrons. The van der Waals surface area contributed by atoms with Gasteiger partial charge in [-0.3, -0.25) is 0 Å². The second-order valence-electron chi connectivity index (χ2n) is 5.28. The highest BCUT2D eigenvalue weighted by Crippen LogP contribution is 2.40. The van der Waals surface area contributed by atoms with Gasteiger partial charge in [0.05, 0.1) is 6.04 Å². The summed E-state index contributed by atoms with van der Waals surface area (Å²) in [4.78, 5) is 4.55. The summed E-state index contributed by atoms with van der Waals surface area (Å²) in [6.45, 7) is 3.13. The van der Waals surface area contributed by atoms with Gasteiger partial charge in [-0.2, -0.15) is 0 Å². The van der Waals surface area contributed by atoms with Crippen molar-refractivity contribution >= 4 is 0 Å². The Hall–Kier alpha value is -1.61. The van der Waals surface area contributed by atoms with E-state index in [4.69, 9.17) is 0 Å². The molecule has 0 amide bonds. The Balaban J connectivity index is 1.96. The quantitative estimate of drug-likeness (QED) is 0.910. The van der Waals surface area contributed by atoms with E-state index in [2.05, 4.69) is 53.1 Å². The highest BCUT2D eigenvalue weighted by molar-refractivity contribution is 5.36. The van der Waals surface area contributed by atoms with Gasteiger partial charge in [-0.05, 0) is 30.5 Å². The molecular weight excluding hydrogens is 234 g/mol. The van der Waals surface area contributed by atoms with Gasteiger partial charge in [-0.25, -0.2) is 4.98 Å². The van der Waals surface area contributed by atoms with E-state index < -0.39 is 0 Å². The molecule has 0 fully saturated rings. The smallest absolute Gasteiger partial charge is 0.126 e. The van der Waals surface area contributed by atoms with Crippen molar-refractivity contribution in [1.29, 1.82) is 0 Å². The monoisotopic (exact) mass is 255 g/mol. The molecule has 1 heterocycles. The lowest BCUT2D eigenvalue weighted by atomic mass is 9.92. The molecule has 0 aliphatic heterocycles. The SMILES string of the molecule is CCNC(c1nccn1C)C1CCc2ccccc21. The summed E-state index contributed by atoms with van der Waals surface area (Å²) in [5, 5.41) is 3.63. The van der Waals surface area contributed by atoms with Gasteiger partial charge in [0.25, 0.3) is 0 Å². The standard InChI is InChI=1S/C16H21N3/c1-3-17-15(16-18-10-11-19(16)2)14-9-8-12-6-4-5-7-13(12)14/h4-7,10-11,14-15,17H,3,8-9H2,1-2H3. The van der Waals surface area contributed by atoms with Crippen molar-refractivity contribution in [3.63, 3.8) is 0 Å². The van der Waals surface area contributed by atoms with E-state index in [1.807, 2.05) is 12.4 Å². The molecule has 0 saturated carbocycles. The summed E-state index contributed by atoms with van der Waals surface area (Å²) in [7, 11) is 2.08. The Morgan fingerprint density at radius 1 is 1.42 bits per heavy atom. The number of aryl methyl sites for hydroxylation is 2. The number of nitrogens with zero attached hydrogens (tertiary/aromatic N) is 2. The molecular formula is C16H21N3. The fraction of sp³-hybridized carbons (Fsp3) is 0.438. The topological polar surface area (TPSA) is 29.9 Å². The Bertz CT molecular complexity index is 559. The van der Waals surface area contributed by atoms with E-state index in [-0.39, 0.29) is 0 Å². The summed E-state index contributed by atoms with van der Waals surface area (Å²) in [6, 6.07) is 9.15. The molecule has 19 heavy (non-hydrogen) atoms. The van der Waals surface area contributed by atoms with Crippen molar-refractivity contribution < 1.29 is 0 Å². The van der Waals surface area contributed by atoms with Crippen LogP contribution >= 0.6 is 0 Å². The maximum absolute atomic E-state index is 4.55. The molecule has 1 aliphatic carbocycles. The van der Waals surface area contributed by atoms with Crippen molar-refractivity contribution in [2.24, 2.45) is 7.05 Å². The van der Waals surface area contributed by atoms with Crippen LogP contribution < -0.4 is 5.32 Å². The van der Waals surface area contributed by atoms with Crippen LogP contribution in [0.15, 0.2) is 36.7 Å². The number of fused-ring (bicyclic) bond motifs is 1. The number of benzene rings is 1. The fourth-order valence-electron chi connectivity index (χ4n) is 3.25. The highest BCUT2D eigenvalue weighted by atomic mass is 15.1. The summed E-state index contributed by atoms with van der Waals surface area (Å²) in [6.07, 6.45) is 6.32. The van der Waals surface area contributed by atoms with Crippen LogP contribution in [0.5, 0.6) is 0 Å². The van der Waals surface area contributed by atoms with Gasteiger partial charge in [0.15, 0.2) is 0 Å². The average molecular weight is 255 g/mol. The van der Waals surface area contributed by atoms with Gasteiger partial charge in [0.1, 0.15) is 5.82 Å². The first-order valence-electron chi connectivity index (χ1n) is 7.09. The fourth-order valence-corrected chi connectivity index (χ4v) is 3.25. The van der Waals surface area contributed by atoms with Crippen LogP contribution in [0, 0.1) is 0 Å². The van der Waals surface area contributed by atoms with Crippen LogP contribution in [0.4, 0.5) is 0 Å². The zero-order valence-corrected chi connectivity index (χ0v) is 11.6. The molecule has 2 unspecified atom stereocenters. The second-order valence-corrected chi connectivity index (χ2v) is 5.28. The normalized spacial score (nSPS) is 19.4. The van der Waals surface area contributed by atoms with E-state index in [0.29, 0.717) is 12.0 Å². The Morgan fingerprint density at radius 2 is 2.26 bits per heavy atom. The van der Waals surface area contributed by atoms with E-state index in [1.54, 1.807) is 0 Å². The Morgan fingerprint density at radius 3 is 3.00 bits per heavy atom. The lowest BCUT2D eigenvalue weighted by Gasteiger charge is -2.25. The van der Waals surface area contributed by atoms with Gasteiger partial charge >= 0.3 is 0 Å². The summed E-state index contributed by atoms with van der Waals surface area (Å²) < 4.78 is 2.13. The van der Waals surface area contributed by atoms with Crippen LogP contribution in [0.25, 0.3) is 0 Å². The highest BCUT2D eigenvalue weighted by Gasteiger charge is 2.31. The van der Waals surface area contributed by atoms with Crippen molar-refractivity contribution in [3.8, 4) is 0 Å². The van der Waals surface area contributed by atoms with Gasteiger partial charge in [0, 0.05) is 25.4 Å². The van der Waals surface area contributed by atoms with Crippen LogP contribution in [-0.4, -0.2) is 16.1 Å². The number of rotatable bonds is 4. The summed E-state index contributed by atoms with van der Waals surface area (Å²) in [5.74, 6) is 1.68. The minimum absolute atomic E-state index is 0.314. The maximum Gasteiger partial charge on any atom is 0.126 e. The number of imidazole rings is 1. The van der Waals surface area contributed by atoms with E-state index in [0.717, 1.165) is 12.4 Å². The molecule has 1 N–H and O–H groups in total. The van der Waals surface area contributed by atoms with E-state index in [1.165, 1.54) is 24.0 Å². The Kier molecular flexibility index (Phi) is 3.38. The zero-order valence-electron chi connectivity index (χ0n) is 11.6. The van der Waals surface area contributed by atoms with Gasteiger partial charge in [-0.15, -0.1) is 0 Å². The number of likely N-dealkylation sites (N-methyl/N-ethyl adjacent to an activating group) is 1. The molecule has 2 atom stereocenters. The first-order chi connectivity index (χ1) is 9.31. The second kappa shape index (κ2) is 5.17. The first-order valence-corrected chi connectivity index (χ1v) is 7.09. The lowest BCUT2D eigenvalue weighted by molar-refractivity contribution is 0.424. The van der Waals surface area contributed by atoms with Crippen LogP contribution in [0.1, 0.15) is 42.3 Å². The number of hydrogen-bond donors (Lipinski definition) is 1. The van der Waals surface area contributed by atoms with E-state index in [9.17, 15) is 0 Å². The molecule has 0 saturated heterocycles. The zero-order chi connectivity index (χ0) is 13.2. The van der Waals surface area contributed by atoms with Gasteiger partial charge < -0.3 is 9.88 Å². The Labute approximate surface area is 114 Å². The molecule has 0 spiro atoms. The van der Waals surface area contributed by atoms with Crippen LogP contribution in [0.2, 0.25) is 0 Å². The van der Waals surface area contributed by atoms with Crippen molar-refractivity contribution in [2.45, 2.75) is 31.7 Å². The minimum atomic E-state index is 0.314. The van der Waals surface area contributed by atoms with Crippen LogP contribution in [-0.2, 0) is 13.5 Å².